The average Bonchev–Trinajstić information content (AvgIpc) is 2.61. The van der Waals surface area contributed by atoms with E-state index < -0.39 is 29.3 Å². The van der Waals surface area contributed by atoms with Crippen molar-refractivity contribution in [1.29, 1.82) is 0 Å². The highest BCUT2D eigenvalue weighted by molar-refractivity contribution is 5.34. The Morgan fingerprint density at radius 2 is 1.63 bits per heavy atom. The van der Waals surface area contributed by atoms with Crippen molar-refractivity contribution in [3.63, 3.8) is 0 Å². The number of likely N-dealkylation sites (tertiary alicyclic amines) is 1. The fraction of sp³-hybridized carbons (Fsp3) is 0.412. The lowest BCUT2D eigenvalue weighted by atomic mass is 10.0. The van der Waals surface area contributed by atoms with Crippen molar-refractivity contribution in [3.8, 4) is 0 Å². The van der Waals surface area contributed by atoms with Crippen LogP contribution in [-0.4, -0.2) is 34.2 Å². The largest absolute Gasteiger partial charge is 0.435 e. The van der Waals surface area contributed by atoms with Crippen LogP contribution in [0.5, 0.6) is 0 Å². The van der Waals surface area contributed by atoms with Gasteiger partial charge in [-0.25, -0.2) is 13.2 Å². The number of hydrogen-bond donors (Lipinski definition) is 1. The lowest BCUT2D eigenvalue weighted by Gasteiger charge is -2.32. The minimum Gasteiger partial charge on any atom is -0.366 e. The third-order valence-corrected chi connectivity index (χ3v) is 4.34. The molecule has 1 fully saturated rings. The first-order chi connectivity index (χ1) is 12.7. The third-order valence-electron chi connectivity index (χ3n) is 4.34. The van der Waals surface area contributed by atoms with Crippen LogP contribution in [0.15, 0.2) is 24.3 Å². The molecule has 0 amide bonds. The second-order valence-electron chi connectivity index (χ2n) is 6.37. The first-order valence-electron chi connectivity index (χ1n) is 8.25. The maximum absolute atomic E-state index is 13.3. The van der Waals surface area contributed by atoms with Gasteiger partial charge in [0.05, 0.1) is 0 Å². The van der Waals surface area contributed by atoms with E-state index in [2.05, 4.69) is 15.5 Å². The molecule has 2 heterocycles. The van der Waals surface area contributed by atoms with Gasteiger partial charge < -0.3 is 5.32 Å². The number of benzene rings is 1. The Morgan fingerprint density at radius 1 is 1.00 bits per heavy atom. The average molecular weight is 390 g/mol. The Kier molecular flexibility index (Phi) is 5.54. The molecule has 146 valence electrons. The zero-order valence-electron chi connectivity index (χ0n) is 14.0. The van der Waals surface area contributed by atoms with Crippen molar-refractivity contribution in [1.82, 2.24) is 15.1 Å². The van der Waals surface area contributed by atoms with Crippen LogP contribution in [0.3, 0.4) is 0 Å². The summed E-state index contributed by atoms with van der Waals surface area (Å²) in [6.07, 6.45) is -3.21. The molecule has 0 spiro atoms. The molecule has 1 aromatic heterocycles. The zero-order chi connectivity index (χ0) is 19.6. The Labute approximate surface area is 151 Å². The van der Waals surface area contributed by atoms with Crippen molar-refractivity contribution in [2.24, 2.45) is 0 Å². The van der Waals surface area contributed by atoms with E-state index >= 15 is 0 Å². The molecule has 0 unspecified atom stereocenters. The number of hydrogen-bond acceptors (Lipinski definition) is 4. The normalized spacial score (nSPS) is 16.5. The molecule has 3 rings (SSSR count). The second kappa shape index (κ2) is 7.71. The number of piperidine rings is 1. The smallest absolute Gasteiger partial charge is 0.366 e. The van der Waals surface area contributed by atoms with Crippen molar-refractivity contribution in [2.45, 2.75) is 31.6 Å². The summed E-state index contributed by atoms with van der Waals surface area (Å²) in [7, 11) is 0. The van der Waals surface area contributed by atoms with Crippen LogP contribution in [0.4, 0.5) is 32.2 Å². The summed E-state index contributed by atoms with van der Waals surface area (Å²) in [6, 6.07) is 4.03. The number of alkyl halides is 3. The van der Waals surface area contributed by atoms with E-state index in [-0.39, 0.29) is 18.4 Å². The van der Waals surface area contributed by atoms with Gasteiger partial charge in [0.15, 0.2) is 23.1 Å². The molecule has 1 aromatic carbocycles. The van der Waals surface area contributed by atoms with Gasteiger partial charge in [0, 0.05) is 25.7 Å². The van der Waals surface area contributed by atoms with Crippen LogP contribution < -0.4 is 5.32 Å². The summed E-state index contributed by atoms with van der Waals surface area (Å²) in [5.41, 5.74) is -0.715. The summed E-state index contributed by atoms with van der Waals surface area (Å²) in [5, 5.41) is 9.73. The van der Waals surface area contributed by atoms with Gasteiger partial charge in [0.25, 0.3) is 0 Å². The SMILES string of the molecule is Fc1cc(CN2CCC(Nc3ccc(C(F)(F)F)nn3)CC2)cc(F)c1F. The lowest BCUT2D eigenvalue weighted by molar-refractivity contribution is -0.141. The van der Waals surface area contributed by atoms with E-state index in [1.165, 1.54) is 6.07 Å². The van der Waals surface area contributed by atoms with Crippen LogP contribution in [0, 0.1) is 17.5 Å². The highest BCUT2D eigenvalue weighted by Gasteiger charge is 2.33. The fourth-order valence-electron chi connectivity index (χ4n) is 2.96. The van der Waals surface area contributed by atoms with Crippen LogP contribution in [0.2, 0.25) is 0 Å². The molecular formula is C17H16F6N4. The van der Waals surface area contributed by atoms with E-state index in [0.29, 0.717) is 31.5 Å². The third kappa shape index (κ3) is 4.88. The van der Waals surface area contributed by atoms with Gasteiger partial charge in [-0.1, -0.05) is 0 Å². The van der Waals surface area contributed by atoms with Crippen molar-refractivity contribution in [3.05, 3.63) is 53.0 Å². The molecular weight excluding hydrogens is 374 g/mol. The molecule has 0 atom stereocenters. The van der Waals surface area contributed by atoms with Crippen LogP contribution in [-0.2, 0) is 12.7 Å². The number of nitrogens with one attached hydrogen (secondary N) is 1. The van der Waals surface area contributed by atoms with Gasteiger partial charge >= 0.3 is 6.18 Å². The summed E-state index contributed by atoms with van der Waals surface area (Å²) >= 11 is 0. The van der Waals surface area contributed by atoms with Gasteiger partial charge in [-0.05, 0) is 42.7 Å². The summed E-state index contributed by atoms with van der Waals surface area (Å²) < 4.78 is 77.0. The molecule has 0 radical (unpaired) electrons. The molecule has 4 nitrogen and oxygen atoms in total. The van der Waals surface area contributed by atoms with E-state index in [1.54, 1.807) is 0 Å². The predicted molar refractivity (Wildman–Crippen MR) is 85.3 cm³/mol. The van der Waals surface area contributed by atoms with Crippen LogP contribution in [0.1, 0.15) is 24.1 Å². The minimum atomic E-state index is -4.53. The molecule has 1 N–H and O–H groups in total. The molecule has 10 heteroatoms. The zero-order valence-corrected chi connectivity index (χ0v) is 14.0. The van der Waals surface area contributed by atoms with Crippen molar-refractivity contribution < 1.29 is 26.3 Å². The van der Waals surface area contributed by atoms with Gasteiger partial charge in [-0.2, -0.15) is 13.2 Å². The highest BCUT2D eigenvalue weighted by Crippen LogP contribution is 2.27. The second-order valence-corrected chi connectivity index (χ2v) is 6.37. The first-order valence-corrected chi connectivity index (χ1v) is 8.25. The van der Waals surface area contributed by atoms with Crippen molar-refractivity contribution in [2.75, 3.05) is 18.4 Å². The quantitative estimate of drug-likeness (QED) is 0.633. The Bertz CT molecular complexity index is 762. The van der Waals surface area contributed by atoms with Crippen molar-refractivity contribution >= 4 is 5.82 Å². The predicted octanol–water partition coefficient (Wildman–Crippen LogP) is 3.99. The molecule has 0 aliphatic carbocycles. The van der Waals surface area contributed by atoms with Gasteiger partial charge in [-0.3, -0.25) is 4.90 Å². The summed E-state index contributed by atoms with van der Waals surface area (Å²) in [4.78, 5) is 1.96. The summed E-state index contributed by atoms with van der Waals surface area (Å²) in [5.74, 6) is -3.67. The maximum Gasteiger partial charge on any atom is 0.435 e. The Morgan fingerprint density at radius 3 is 2.15 bits per heavy atom. The number of rotatable bonds is 4. The van der Waals surface area contributed by atoms with Gasteiger partial charge in [-0.15, -0.1) is 10.2 Å². The number of halogens is 6. The fourth-order valence-corrected chi connectivity index (χ4v) is 2.96. The van der Waals surface area contributed by atoms with Crippen LogP contribution in [0.25, 0.3) is 0 Å². The maximum atomic E-state index is 13.3. The molecule has 2 aromatic rings. The molecule has 27 heavy (non-hydrogen) atoms. The van der Waals surface area contributed by atoms with Crippen LogP contribution >= 0.6 is 0 Å². The minimum absolute atomic E-state index is 0.00558. The topological polar surface area (TPSA) is 41.0 Å². The summed E-state index contributed by atoms with van der Waals surface area (Å²) in [6.45, 7) is 1.49. The molecule has 1 saturated heterocycles. The van der Waals surface area contributed by atoms with E-state index in [4.69, 9.17) is 0 Å². The van der Waals surface area contributed by atoms with E-state index in [0.717, 1.165) is 18.2 Å². The number of nitrogens with zero attached hydrogens (tertiary/aromatic N) is 3. The molecule has 0 saturated carbocycles. The number of aromatic nitrogens is 2. The first kappa shape index (κ1) is 19.4. The standard InChI is InChI=1S/C17H16F6N4/c18-12-7-10(8-13(19)16(12)20)9-27-5-3-11(4-6-27)24-15-2-1-14(25-26-15)17(21,22)23/h1-2,7-8,11H,3-6,9H2,(H,24,26). The van der Waals surface area contributed by atoms with Gasteiger partial charge in [0.1, 0.15) is 5.82 Å². The Balaban J connectivity index is 1.52. The Hall–Kier alpha value is -2.36. The highest BCUT2D eigenvalue weighted by atomic mass is 19.4. The van der Waals surface area contributed by atoms with E-state index in [1.807, 2.05) is 4.90 Å². The molecule has 0 bridgehead atoms. The lowest BCUT2D eigenvalue weighted by Crippen LogP contribution is -2.38. The van der Waals surface area contributed by atoms with E-state index in [9.17, 15) is 26.3 Å². The molecule has 1 aliphatic heterocycles. The number of anilines is 1. The van der Waals surface area contributed by atoms with Gasteiger partial charge in [0.2, 0.25) is 0 Å². The monoisotopic (exact) mass is 390 g/mol. The molecule has 1 aliphatic rings.